The highest BCUT2D eigenvalue weighted by molar-refractivity contribution is 7.91. The van der Waals surface area contributed by atoms with Gasteiger partial charge in [0.1, 0.15) is 11.3 Å². The quantitative estimate of drug-likeness (QED) is 0.925. The molecule has 1 heterocycles. The topological polar surface area (TPSA) is 62.8 Å². The second kappa shape index (κ2) is 4.72. The van der Waals surface area contributed by atoms with Crippen LogP contribution in [0.4, 0.5) is 0 Å². The Balaban J connectivity index is 2.58. The maximum atomic E-state index is 11.7. The number of aromatic nitrogens is 2. The molecule has 1 aromatic heterocycles. The van der Waals surface area contributed by atoms with Gasteiger partial charge in [0, 0.05) is 12.2 Å². The number of rotatable bonds is 4. The van der Waals surface area contributed by atoms with Crippen molar-refractivity contribution in [1.29, 1.82) is 0 Å². The standard InChI is InChI=1S/C13H18N2O2S/c1-4-6-9(2)13-14-10-7-5-8-11(12(10)15-13)18(3,16)17/h5,7-9H,4,6H2,1-3H3,(H,14,15). The molecule has 0 amide bonds. The third-order valence-electron chi connectivity index (χ3n) is 3.08. The van der Waals surface area contributed by atoms with Gasteiger partial charge in [0.05, 0.1) is 10.4 Å². The molecule has 0 radical (unpaired) electrons. The molecular formula is C13H18N2O2S. The smallest absolute Gasteiger partial charge is 0.177 e. The maximum absolute atomic E-state index is 11.7. The van der Waals surface area contributed by atoms with Gasteiger partial charge in [-0.15, -0.1) is 0 Å². The van der Waals surface area contributed by atoms with Crippen LogP contribution >= 0.6 is 0 Å². The molecule has 1 unspecified atom stereocenters. The second-order valence-electron chi connectivity index (χ2n) is 4.74. The minimum atomic E-state index is -3.24. The van der Waals surface area contributed by atoms with Crippen molar-refractivity contribution in [2.24, 2.45) is 0 Å². The van der Waals surface area contributed by atoms with Crippen LogP contribution in [-0.4, -0.2) is 24.6 Å². The molecule has 2 rings (SSSR count). The van der Waals surface area contributed by atoms with E-state index < -0.39 is 9.84 Å². The van der Waals surface area contributed by atoms with Gasteiger partial charge in [-0.25, -0.2) is 13.4 Å². The molecule has 0 aliphatic rings. The van der Waals surface area contributed by atoms with Gasteiger partial charge in [0.15, 0.2) is 9.84 Å². The Kier molecular flexibility index (Phi) is 3.43. The number of sulfone groups is 1. The van der Waals surface area contributed by atoms with E-state index in [9.17, 15) is 8.42 Å². The minimum Gasteiger partial charge on any atom is -0.342 e. The Hall–Kier alpha value is -1.36. The molecule has 0 saturated carbocycles. The van der Waals surface area contributed by atoms with Crippen molar-refractivity contribution in [3.63, 3.8) is 0 Å². The average molecular weight is 266 g/mol. The van der Waals surface area contributed by atoms with Gasteiger partial charge in [0.2, 0.25) is 0 Å². The van der Waals surface area contributed by atoms with Gasteiger partial charge in [-0.1, -0.05) is 26.3 Å². The van der Waals surface area contributed by atoms with E-state index in [0.717, 1.165) is 24.2 Å². The van der Waals surface area contributed by atoms with Crippen molar-refractivity contribution in [3.8, 4) is 0 Å². The number of hydrogen-bond donors (Lipinski definition) is 1. The summed E-state index contributed by atoms with van der Waals surface area (Å²) in [4.78, 5) is 7.98. The van der Waals surface area contributed by atoms with E-state index in [1.54, 1.807) is 12.1 Å². The molecule has 0 aliphatic heterocycles. The van der Waals surface area contributed by atoms with Crippen molar-refractivity contribution in [1.82, 2.24) is 9.97 Å². The zero-order chi connectivity index (χ0) is 13.3. The summed E-state index contributed by atoms with van der Waals surface area (Å²) in [7, 11) is -3.24. The van der Waals surface area contributed by atoms with E-state index in [4.69, 9.17) is 0 Å². The van der Waals surface area contributed by atoms with Crippen LogP contribution in [0.1, 0.15) is 38.4 Å². The summed E-state index contributed by atoms with van der Waals surface area (Å²) in [6.07, 6.45) is 3.33. The number of nitrogens with one attached hydrogen (secondary N) is 1. The molecule has 1 aromatic carbocycles. The van der Waals surface area contributed by atoms with Crippen molar-refractivity contribution >= 4 is 20.9 Å². The van der Waals surface area contributed by atoms with Crippen LogP contribution in [0, 0.1) is 0 Å². The fourth-order valence-electron chi connectivity index (χ4n) is 2.13. The van der Waals surface area contributed by atoms with E-state index in [1.807, 2.05) is 6.07 Å². The Labute approximate surface area is 107 Å². The SMILES string of the molecule is CCCC(C)c1nc2c(S(C)(=O)=O)cccc2[nH]1. The molecule has 2 aromatic rings. The highest BCUT2D eigenvalue weighted by atomic mass is 32.2. The fourth-order valence-corrected chi connectivity index (χ4v) is 2.96. The van der Waals surface area contributed by atoms with Crippen molar-refractivity contribution in [3.05, 3.63) is 24.0 Å². The first-order valence-corrected chi connectivity index (χ1v) is 8.01. The number of para-hydroxylation sites is 1. The van der Waals surface area contributed by atoms with Gasteiger partial charge < -0.3 is 4.98 Å². The summed E-state index contributed by atoms with van der Waals surface area (Å²) in [5, 5.41) is 0. The predicted octanol–water partition coefficient (Wildman–Crippen LogP) is 2.87. The van der Waals surface area contributed by atoms with Crippen LogP contribution < -0.4 is 0 Å². The van der Waals surface area contributed by atoms with Crippen molar-refractivity contribution in [2.45, 2.75) is 37.5 Å². The lowest BCUT2D eigenvalue weighted by Crippen LogP contribution is -1.98. The van der Waals surface area contributed by atoms with Crippen LogP contribution in [0.3, 0.4) is 0 Å². The van der Waals surface area contributed by atoms with Crippen LogP contribution in [0.2, 0.25) is 0 Å². The summed E-state index contributed by atoms with van der Waals surface area (Å²) in [5.41, 5.74) is 1.34. The van der Waals surface area contributed by atoms with E-state index >= 15 is 0 Å². The zero-order valence-corrected chi connectivity index (χ0v) is 11.7. The van der Waals surface area contributed by atoms with E-state index in [0.29, 0.717) is 16.3 Å². The first-order chi connectivity index (χ1) is 8.43. The van der Waals surface area contributed by atoms with Crippen LogP contribution in [-0.2, 0) is 9.84 Å². The number of H-pyrrole nitrogens is 1. The average Bonchev–Trinajstić information content (AvgIpc) is 2.71. The van der Waals surface area contributed by atoms with Crippen LogP contribution in [0.15, 0.2) is 23.1 Å². The van der Waals surface area contributed by atoms with Gasteiger partial charge in [0.25, 0.3) is 0 Å². The molecular weight excluding hydrogens is 248 g/mol. The molecule has 0 saturated heterocycles. The van der Waals surface area contributed by atoms with Crippen molar-refractivity contribution < 1.29 is 8.42 Å². The summed E-state index contributed by atoms with van der Waals surface area (Å²) in [6.45, 7) is 4.22. The normalized spacial score (nSPS) is 13.9. The monoisotopic (exact) mass is 266 g/mol. The summed E-state index contributed by atoms with van der Waals surface area (Å²) in [5.74, 6) is 1.18. The second-order valence-corrected chi connectivity index (χ2v) is 6.72. The number of hydrogen-bond acceptors (Lipinski definition) is 3. The lowest BCUT2D eigenvalue weighted by Gasteiger charge is -2.04. The highest BCUT2D eigenvalue weighted by Gasteiger charge is 2.16. The van der Waals surface area contributed by atoms with Crippen molar-refractivity contribution in [2.75, 3.05) is 6.26 Å². The first kappa shape index (κ1) is 13.1. The van der Waals surface area contributed by atoms with E-state index in [1.165, 1.54) is 6.26 Å². The third-order valence-corrected chi connectivity index (χ3v) is 4.21. The number of imidazole rings is 1. The summed E-state index contributed by atoms with van der Waals surface area (Å²) in [6, 6.07) is 5.21. The fraction of sp³-hybridized carbons (Fsp3) is 0.462. The van der Waals surface area contributed by atoms with Crippen LogP contribution in [0.5, 0.6) is 0 Å². The minimum absolute atomic E-state index is 0.297. The summed E-state index contributed by atoms with van der Waals surface area (Å²) < 4.78 is 23.4. The molecule has 0 fully saturated rings. The summed E-state index contributed by atoms with van der Waals surface area (Å²) >= 11 is 0. The largest absolute Gasteiger partial charge is 0.342 e. The molecule has 4 nitrogen and oxygen atoms in total. The molecule has 1 N–H and O–H groups in total. The Morgan fingerprint density at radius 2 is 2.11 bits per heavy atom. The molecule has 98 valence electrons. The molecule has 1 atom stereocenters. The molecule has 0 spiro atoms. The van der Waals surface area contributed by atoms with Crippen LogP contribution in [0.25, 0.3) is 11.0 Å². The third kappa shape index (κ3) is 2.41. The molecule has 0 bridgehead atoms. The molecule has 18 heavy (non-hydrogen) atoms. The number of nitrogens with zero attached hydrogens (tertiary/aromatic N) is 1. The predicted molar refractivity (Wildman–Crippen MR) is 72.5 cm³/mol. The van der Waals surface area contributed by atoms with Gasteiger partial charge in [-0.2, -0.15) is 0 Å². The van der Waals surface area contributed by atoms with Gasteiger partial charge >= 0.3 is 0 Å². The number of aromatic amines is 1. The van der Waals surface area contributed by atoms with E-state index in [-0.39, 0.29) is 0 Å². The maximum Gasteiger partial charge on any atom is 0.177 e. The number of benzene rings is 1. The lowest BCUT2D eigenvalue weighted by molar-refractivity contribution is 0.602. The Morgan fingerprint density at radius 3 is 2.72 bits per heavy atom. The Bertz CT molecular complexity index is 659. The number of fused-ring (bicyclic) bond motifs is 1. The first-order valence-electron chi connectivity index (χ1n) is 6.12. The van der Waals surface area contributed by atoms with Gasteiger partial charge in [-0.05, 0) is 18.6 Å². The molecule has 0 aliphatic carbocycles. The highest BCUT2D eigenvalue weighted by Crippen LogP contribution is 2.25. The van der Waals surface area contributed by atoms with E-state index in [2.05, 4.69) is 23.8 Å². The zero-order valence-electron chi connectivity index (χ0n) is 10.9. The molecule has 5 heteroatoms. The lowest BCUT2D eigenvalue weighted by atomic mass is 10.1. The Morgan fingerprint density at radius 1 is 1.39 bits per heavy atom. The van der Waals surface area contributed by atoms with Gasteiger partial charge in [-0.3, -0.25) is 0 Å².